The van der Waals surface area contributed by atoms with Crippen molar-refractivity contribution in [2.24, 2.45) is 0 Å². The minimum atomic E-state index is 0.562. The molecule has 0 saturated heterocycles. The molecule has 3 aromatic heterocycles. The van der Waals surface area contributed by atoms with Crippen LogP contribution in [0.15, 0.2) is 173 Å². The van der Waals surface area contributed by atoms with Crippen LogP contribution in [0.1, 0.15) is 0 Å². The summed E-state index contributed by atoms with van der Waals surface area (Å²) in [6.45, 7) is 0. The van der Waals surface area contributed by atoms with Crippen molar-refractivity contribution in [2.75, 3.05) is 0 Å². The quantitative estimate of drug-likeness (QED) is 0.187. The summed E-state index contributed by atoms with van der Waals surface area (Å²) in [5.74, 6) is 1.79. The number of fused-ring (bicyclic) bond motifs is 6. The van der Waals surface area contributed by atoms with Crippen molar-refractivity contribution in [2.45, 2.75) is 0 Å². The second kappa shape index (κ2) is 11.4. The highest BCUT2D eigenvalue weighted by molar-refractivity contribution is 6.13. The summed E-state index contributed by atoms with van der Waals surface area (Å²) in [4.78, 5) is 14.8. The second-order valence-electron chi connectivity index (χ2n) is 12.4. The number of hydrogen-bond donors (Lipinski definition) is 0. The van der Waals surface area contributed by atoms with Gasteiger partial charge in [-0.25, -0.2) is 15.0 Å². The Balaban J connectivity index is 1.15. The van der Waals surface area contributed by atoms with E-state index in [1.165, 1.54) is 0 Å². The van der Waals surface area contributed by atoms with E-state index in [0.717, 1.165) is 82.8 Å². The molecular weight excluding hydrogens is 615 g/mol. The third-order valence-electron chi connectivity index (χ3n) is 9.34. The average Bonchev–Trinajstić information content (AvgIpc) is 3.76. The summed E-state index contributed by atoms with van der Waals surface area (Å²) < 4.78 is 13.2. The summed E-state index contributed by atoms with van der Waals surface area (Å²) in [7, 11) is 0. The average molecular weight is 642 g/mol. The molecule has 3 heterocycles. The normalized spacial score (nSPS) is 11.6. The number of rotatable bonds is 5. The lowest BCUT2D eigenvalue weighted by molar-refractivity contribution is 0.669. The van der Waals surface area contributed by atoms with Crippen molar-refractivity contribution in [3.8, 4) is 56.4 Å². The van der Waals surface area contributed by atoms with Crippen LogP contribution in [0.3, 0.4) is 0 Å². The Bertz CT molecular complexity index is 2800. The van der Waals surface area contributed by atoms with Gasteiger partial charge in [-0.05, 0) is 53.1 Å². The molecule has 0 bridgehead atoms. The molecule has 0 aliphatic heterocycles. The van der Waals surface area contributed by atoms with Gasteiger partial charge in [0, 0.05) is 38.2 Å². The zero-order valence-corrected chi connectivity index (χ0v) is 26.7. The maximum Gasteiger partial charge on any atom is 0.167 e. The molecule has 50 heavy (non-hydrogen) atoms. The number of furan rings is 2. The summed E-state index contributed by atoms with van der Waals surface area (Å²) in [5.41, 5.74) is 10.3. The molecule has 0 atom stereocenters. The largest absolute Gasteiger partial charge is 0.455 e. The van der Waals surface area contributed by atoms with Gasteiger partial charge in [-0.15, -0.1) is 0 Å². The maximum atomic E-state index is 6.73. The van der Waals surface area contributed by atoms with Crippen LogP contribution in [0, 0.1) is 0 Å². The first-order chi connectivity index (χ1) is 24.8. The van der Waals surface area contributed by atoms with Gasteiger partial charge >= 0.3 is 0 Å². The van der Waals surface area contributed by atoms with Crippen LogP contribution in [0.2, 0.25) is 0 Å². The Hall–Kier alpha value is -6.85. The number of nitrogens with zero attached hydrogens (tertiary/aromatic N) is 3. The fraction of sp³-hybridized carbons (Fsp3) is 0. The molecule has 5 nitrogen and oxygen atoms in total. The Labute approximate surface area is 287 Å². The van der Waals surface area contributed by atoms with E-state index in [1.807, 2.05) is 91.0 Å². The number of benzene rings is 7. The smallest absolute Gasteiger partial charge is 0.167 e. The molecule has 0 saturated carbocycles. The highest BCUT2D eigenvalue weighted by atomic mass is 16.3. The van der Waals surface area contributed by atoms with Crippen LogP contribution in [0.4, 0.5) is 0 Å². The molecule has 0 radical (unpaired) electrons. The molecule has 0 spiro atoms. The van der Waals surface area contributed by atoms with Gasteiger partial charge in [0.25, 0.3) is 0 Å². The minimum absolute atomic E-state index is 0.562. The molecule has 0 aliphatic carbocycles. The molecule has 0 fully saturated rings. The lowest BCUT2D eigenvalue weighted by atomic mass is 9.95. The highest BCUT2D eigenvalue weighted by Gasteiger charge is 2.19. The Morgan fingerprint density at radius 1 is 0.300 bits per heavy atom. The van der Waals surface area contributed by atoms with Gasteiger partial charge < -0.3 is 8.83 Å². The van der Waals surface area contributed by atoms with Crippen molar-refractivity contribution < 1.29 is 8.83 Å². The Morgan fingerprint density at radius 3 is 1.58 bits per heavy atom. The van der Waals surface area contributed by atoms with Crippen LogP contribution >= 0.6 is 0 Å². The van der Waals surface area contributed by atoms with E-state index in [-0.39, 0.29) is 0 Å². The van der Waals surface area contributed by atoms with Crippen molar-refractivity contribution in [1.82, 2.24) is 15.0 Å². The summed E-state index contributed by atoms with van der Waals surface area (Å²) >= 11 is 0. The van der Waals surface area contributed by atoms with Crippen molar-refractivity contribution in [3.05, 3.63) is 164 Å². The molecule has 10 aromatic rings. The lowest BCUT2D eigenvalue weighted by Crippen LogP contribution is -2.00. The number of hydrogen-bond acceptors (Lipinski definition) is 5. The van der Waals surface area contributed by atoms with Crippen LogP contribution in [0.5, 0.6) is 0 Å². The third-order valence-corrected chi connectivity index (χ3v) is 9.34. The molecule has 7 aromatic carbocycles. The molecule has 10 rings (SSSR count). The van der Waals surface area contributed by atoms with Crippen LogP contribution in [0.25, 0.3) is 100 Å². The lowest BCUT2D eigenvalue weighted by Gasteiger charge is -2.08. The molecule has 0 unspecified atom stereocenters. The van der Waals surface area contributed by atoms with Gasteiger partial charge in [-0.1, -0.05) is 127 Å². The minimum Gasteiger partial charge on any atom is -0.455 e. The van der Waals surface area contributed by atoms with Crippen LogP contribution in [-0.2, 0) is 0 Å². The molecule has 5 heteroatoms. The van der Waals surface area contributed by atoms with Gasteiger partial charge in [-0.3, -0.25) is 0 Å². The van der Waals surface area contributed by atoms with Crippen LogP contribution < -0.4 is 0 Å². The molecule has 0 amide bonds. The Kier molecular flexibility index (Phi) is 6.42. The summed E-state index contributed by atoms with van der Waals surface area (Å²) in [6, 6.07) is 55.7. The molecule has 234 valence electrons. The fourth-order valence-corrected chi connectivity index (χ4v) is 6.91. The number of para-hydroxylation sites is 2. The highest BCUT2D eigenvalue weighted by Crippen LogP contribution is 2.41. The van der Waals surface area contributed by atoms with Gasteiger partial charge in [0.05, 0.1) is 5.56 Å². The van der Waals surface area contributed by atoms with E-state index in [1.54, 1.807) is 0 Å². The standard InChI is InChI=1S/C45H27N3O2/c1-4-13-28(14-5-1)37-25-32(26-38-33-19-10-11-22-39(33)49-42(37)38)31-23-24-34-35-20-12-21-36(41(35)50-40(34)27-31)45-47-43(29-15-6-2-7-16-29)46-44(48-45)30-17-8-3-9-18-30/h1-27H. The SMILES string of the molecule is c1ccc(-c2nc(-c3ccccc3)nc(-c3cccc4c3oc3cc(-c5cc(-c6ccccc6)c6oc7ccccc7c6c5)ccc34)n2)cc1. The topological polar surface area (TPSA) is 65.0 Å². The van der Waals surface area contributed by atoms with E-state index in [2.05, 4.69) is 72.8 Å². The zero-order valence-electron chi connectivity index (χ0n) is 26.7. The predicted molar refractivity (Wildman–Crippen MR) is 202 cm³/mol. The first-order valence-corrected chi connectivity index (χ1v) is 16.6. The van der Waals surface area contributed by atoms with E-state index in [0.29, 0.717) is 17.5 Å². The van der Waals surface area contributed by atoms with E-state index in [9.17, 15) is 0 Å². The van der Waals surface area contributed by atoms with E-state index < -0.39 is 0 Å². The fourth-order valence-electron chi connectivity index (χ4n) is 6.91. The first kappa shape index (κ1) is 28.2. The third kappa shape index (κ3) is 4.67. The predicted octanol–water partition coefficient (Wildman–Crippen LogP) is 12.0. The van der Waals surface area contributed by atoms with Crippen molar-refractivity contribution >= 4 is 43.9 Å². The Morgan fingerprint density at radius 2 is 0.860 bits per heavy atom. The molecule has 0 N–H and O–H groups in total. The van der Waals surface area contributed by atoms with Crippen molar-refractivity contribution in [3.63, 3.8) is 0 Å². The van der Waals surface area contributed by atoms with Gasteiger partial charge in [0.1, 0.15) is 22.3 Å². The zero-order chi connectivity index (χ0) is 33.0. The van der Waals surface area contributed by atoms with Crippen LogP contribution in [-0.4, -0.2) is 15.0 Å². The molecular formula is C45H27N3O2. The van der Waals surface area contributed by atoms with E-state index in [4.69, 9.17) is 23.8 Å². The number of aromatic nitrogens is 3. The second-order valence-corrected chi connectivity index (χ2v) is 12.4. The van der Waals surface area contributed by atoms with E-state index >= 15 is 0 Å². The van der Waals surface area contributed by atoms with Crippen molar-refractivity contribution in [1.29, 1.82) is 0 Å². The summed E-state index contributed by atoms with van der Waals surface area (Å²) in [5, 5.41) is 4.22. The summed E-state index contributed by atoms with van der Waals surface area (Å²) in [6.07, 6.45) is 0. The maximum absolute atomic E-state index is 6.73. The monoisotopic (exact) mass is 641 g/mol. The first-order valence-electron chi connectivity index (χ1n) is 16.6. The van der Waals surface area contributed by atoms with Gasteiger partial charge in [0.2, 0.25) is 0 Å². The van der Waals surface area contributed by atoms with Gasteiger partial charge in [0.15, 0.2) is 17.5 Å². The van der Waals surface area contributed by atoms with Gasteiger partial charge in [-0.2, -0.15) is 0 Å². The molecule has 0 aliphatic rings.